The van der Waals surface area contributed by atoms with E-state index in [-0.39, 0.29) is 23.9 Å². The Hall–Kier alpha value is -1.60. The molecule has 0 saturated carbocycles. The molecule has 8 heteroatoms. The van der Waals surface area contributed by atoms with Crippen LogP contribution in [-0.4, -0.2) is 49.7 Å². The van der Waals surface area contributed by atoms with E-state index < -0.39 is 10.0 Å². The van der Waals surface area contributed by atoms with Crippen molar-refractivity contribution in [1.29, 1.82) is 0 Å². The minimum absolute atomic E-state index is 0.182. The van der Waals surface area contributed by atoms with Crippen molar-refractivity contribution in [2.75, 3.05) is 26.2 Å². The number of hydrogen-bond donors (Lipinski definition) is 0. The molecule has 144 valence electrons. The van der Waals surface area contributed by atoms with Crippen LogP contribution >= 0.6 is 23.2 Å². The SMILES string of the molecule is CCc1ccc(S(=O)(=O)N2CCN(C(=O)c3ccc(Cl)c(Cl)c3)CC2)cc1. The second-order valence-corrected chi connectivity index (χ2v) is 9.08. The van der Waals surface area contributed by atoms with Gasteiger partial charge in [0.1, 0.15) is 0 Å². The van der Waals surface area contributed by atoms with Crippen LogP contribution < -0.4 is 0 Å². The number of benzene rings is 2. The number of carbonyl (C=O) groups excluding carboxylic acids is 1. The summed E-state index contributed by atoms with van der Waals surface area (Å²) in [4.78, 5) is 14.5. The van der Waals surface area contributed by atoms with Crippen molar-refractivity contribution in [3.8, 4) is 0 Å². The standard InChI is InChI=1S/C19H20Cl2N2O3S/c1-2-14-3-6-16(7-4-14)27(25,26)23-11-9-22(10-12-23)19(24)15-5-8-17(20)18(21)13-15/h3-8,13H,2,9-12H2,1H3. The topological polar surface area (TPSA) is 57.7 Å². The van der Waals surface area contributed by atoms with E-state index in [2.05, 4.69) is 0 Å². The maximum atomic E-state index is 12.8. The lowest BCUT2D eigenvalue weighted by Crippen LogP contribution is -2.50. The first-order valence-corrected chi connectivity index (χ1v) is 10.9. The van der Waals surface area contributed by atoms with Crippen LogP contribution in [0.2, 0.25) is 10.0 Å². The zero-order valence-corrected chi connectivity index (χ0v) is 17.2. The molecule has 1 saturated heterocycles. The zero-order chi connectivity index (χ0) is 19.6. The minimum Gasteiger partial charge on any atom is -0.336 e. The number of rotatable bonds is 4. The van der Waals surface area contributed by atoms with Crippen molar-refractivity contribution in [3.05, 3.63) is 63.6 Å². The molecule has 0 unspecified atom stereocenters. The van der Waals surface area contributed by atoms with Crippen LogP contribution in [-0.2, 0) is 16.4 Å². The largest absolute Gasteiger partial charge is 0.336 e. The van der Waals surface area contributed by atoms with E-state index in [0.29, 0.717) is 28.7 Å². The van der Waals surface area contributed by atoms with Gasteiger partial charge in [-0.15, -0.1) is 0 Å². The molecule has 2 aromatic rings. The van der Waals surface area contributed by atoms with Gasteiger partial charge in [-0.2, -0.15) is 4.31 Å². The fourth-order valence-corrected chi connectivity index (χ4v) is 4.71. The van der Waals surface area contributed by atoms with Gasteiger partial charge in [0.25, 0.3) is 5.91 Å². The monoisotopic (exact) mass is 426 g/mol. The van der Waals surface area contributed by atoms with Crippen molar-refractivity contribution < 1.29 is 13.2 Å². The Bertz CT molecular complexity index is 938. The molecule has 0 aliphatic carbocycles. The average Bonchev–Trinajstić information content (AvgIpc) is 2.69. The molecule has 0 bridgehead atoms. The molecule has 1 fully saturated rings. The fourth-order valence-electron chi connectivity index (χ4n) is 2.99. The predicted octanol–water partition coefficient (Wildman–Crippen LogP) is 3.70. The number of nitrogens with zero attached hydrogens (tertiary/aromatic N) is 2. The number of halogens is 2. The Kier molecular flexibility index (Phi) is 6.11. The Morgan fingerprint density at radius 3 is 2.15 bits per heavy atom. The number of sulfonamides is 1. The highest BCUT2D eigenvalue weighted by Crippen LogP contribution is 2.24. The lowest BCUT2D eigenvalue weighted by atomic mass is 10.2. The Morgan fingerprint density at radius 1 is 0.963 bits per heavy atom. The molecule has 27 heavy (non-hydrogen) atoms. The first kappa shape index (κ1) is 20.1. The van der Waals surface area contributed by atoms with Gasteiger partial charge in [-0.05, 0) is 42.3 Å². The van der Waals surface area contributed by atoms with Crippen LogP contribution in [0.5, 0.6) is 0 Å². The van der Waals surface area contributed by atoms with Gasteiger partial charge >= 0.3 is 0 Å². The summed E-state index contributed by atoms with van der Waals surface area (Å²) in [7, 11) is -3.56. The third-order valence-electron chi connectivity index (χ3n) is 4.66. The number of piperazine rings is 1. The number of hydrogen-bond acceptors (Lipinski definition) is 3. The van der Waals surface area contributed by atoms with Crippen molar-refractivity contribution in [2.24, 2.45) is 0 Å². The highest BCUT2D eigenvalue weighted by molar-refractivity contribution is 7.89. The summed E-state index contributed by atoms with van der Waals surface area (Å²) < 4.78 is 27.0. The highest BCUT2D eigenvalue weighted by Gasteiger charge is 2.30. The molecule has 0 radical (unpaired) electrons. The maximum absolute atomic E-state index is 12.8. The molecule has 3 rings (SSSR count). The summed E-state index contributed by atoms with van der Waals surface area (Å²) in [6, 6.07) is 11.7. The van der Waals surface area contributed by atoms with Crippen LogP contribution in [0.4, 0.5) is 0 Å². The predicted molar refractivity (Wildman–Crippen MR) is 107 cm³/mol. The second kappa shape index (κ2) is 8.19. The van der Waals surface area contributed by atoms with Crippen molar-refractivity contribution in [3.63, 3.8) is 0 Å². The van der Waals surface area contributed by atoms with Gasteiger partial charge in [0, 0.05) is 31.7 Å². The molecule has 2 aromatic carbocycles. The van der Waals surface area contributed by atoms with Crippen LogP contribution in [0, 0.1) is 0 Å². The molecular formula is C19H20Cl2N2O3S. The van der Waals surface area contributed by atoms with Gasteiger partial charge in [-0.25, -0.2) is 8.42 Å². The van der Waals surface area contributed by atoms with Crippen LogP contribution in [0.3, 0.4) is 0 Å². The summed E-state index contributed by atoms with van der Waals surface area (Å²) in [6.07, 6.45) is 0.857. The quantitative estimate of drug-likeness (QED) is 0.748. The Morgan fingerprint density at radius 2 is 1.59 bits per heavy atom. The van der Waals surface area contributed by atoms with E-state index in [1.165, 1.54) is 10.4 Å². The molecule has 1 aliphatic heterocycles. The Labute approximate surface area is 169 Å². The molecule has 0 aromatic heterocycles. The highest BCUT2D eigenvalue weighted by atomic mass is 35.5. The zero-order valence-electron chi connectivity index (χ0n) is 14.9. The van der Waals surface area contributed by atoms with Crippen molar-refractivity contribution in [1.82, 2.24) is 9.21 Å². The number of aryl methyl sites for hydroxylation is 1. The van der Waals surface area contributed by atoms with Crippen molar-refractivity contribution >= 4 is 39.1 Å². The molecule has 0 N–H and O–H groups in total. The van der Waals surface area contributed by atoms with E-state index in [9.17, 15) is 13.2 Å². The van der Waals surface area contributed by atoms with E-state index >= 15 is 0 Å². The van der Waals surface area contributed by atoms with Gasteiger partial charge in [-0.3, -0.25) is 4.79 Å². The van der Waals surface area contributed by atoms with Crippen LogP contribution in [0.15, 0.2) is 47.4 Å². The first-order valence-electron chi connectivity index (χ1n) is 8.66. The third-order valence-corrected chi connectivity index (χ3v) is 7.31. The van der Waals surface area contributed by atoms with E-state index in [1.807, 2.05) is 19.1 Å². The van der Waals surface area contributed by atoms with Crippen molar-refractivity contribution in [2.45, 2.75) is 18.2 Å². The first-order chi connectivity index (χ1) is 12.8. The normalized spacial score (nSPS) is 15.7. The van der Waals surface area contributed by atoms with Gasteiger partial charge in [0.05, 0.1) is 14.9 Å². The molecule has 1 heterocycles. The number of amides is 1. The van der Waals surface area contributed by atoms with E-state index in [4.69, 9.17) is 23.2 Å². The smallest absolute Gasteiger partial charge is 0.253 e. The van der Waals surface area contributed by atoms with E-state index in [0.717, 1.165) is 12.0 Å². The van der Waals surface area contributed by atoms with Crippen LogP contribution in [0.25, 0.3) is 0 Å². The summed E-state index contributed by atoms with van der Waals surface area (Å²) in [5, 5.41) is 0.706. The lowest BCUT2D eigenvalue weighted by Gasteiger charge is -2.34. The van der Waals surface area contributed by atoms with Crippen LogP contribution in [0.1, 0.15) is 22.8 Å². The third kappa shape index (κ3) is 4.29. The second-order valence-electron chi connectivity index (χ2n) is 6.32. The number of carbonyl (C=O) groups is 1. The summed E-state index contributed by atoms with van der Waals surface area (Å²) in [5.41, 5.74) is 1.53. The van der Waals surface area contributed by atoms with Gasteiger partial charge in [-0.1, -0.05) is 42.3 Å². The molecular weight excluding hydrogens is 407 g/mol. The molecule has 1 amide bonds. The van der Waals surface area contributed by atoms with Gasteiger partial charge in [0.2, 0.25) is 10.0 Å². The fraction of sp³-hybridized carbons (Fsp3) is 0.316. The molecule has 0 spiro atoms. The molecule has 5 nitrogen and oxygen atoms in total. The minimum atomic E-state index is -3.56. The lowest BCUT2D eigenvalue weighted by molar-refractivity contribution is 0.0698. The molecule has 0 atom stereocenters. The summed E-state index contributed by atoms with van der Waals surface area (Å²) in [6.45, 7) is 3.18. The summed E-state index contributed by atoms with van der Waals surface area (Å²) >= 11 is 11.9. The Balaban J connectivity index is 1.68. The van der Waals surface area contributed by atoms with E-state index in [1.54, 1.807) is 29.2 Å². The molecule has 1 aliphatic rings. The van der Waals surface area contributed by atoms with Gasteiger partial charge in [0.15, 0.2) is 0 Å². The summed E-state index contributed by atoms with van der Waals surface area (Å²) in [5.74, 6) is -0.182. The van der Waals surface area contributed by atoms with Gasteiger partial charge < -0.3 is 4.90 Å². The maximum Gasteiger partial charge on any atom is 0.253 e. The average molecular weight is 427 g/mol.